The number of benzene rings is 1. The van der Waals surface area contributed by atoms with Crippen LogP contribution in [0.5, 0.6) is 0 Å². The van der Waals surface area contributed by atoms with Crippen molar-refractivity contribution in [3.05, 3.63) is 40.9 Å². The molecule has 1 aromatic heterocycles. The molecule has 1 heterocycles. The average Bonchev–Trinajstić information content (AvgIpc) is 2.89. The van der Waals surface area contributed by atoms with Crippen LogP contribution in [0, 0.1) is 0 Å². The van der Waals surface area contributed by atoms with Gasteiger partial charge < -0.3 is 10.9 Å². The number of rotatable bonds is 4. The van der Waals surface area contributed by atoms with Crippen molar-refractivity contribution >= 4 is 28.9 Å². The monoisotopic (exact) mass is 266 g/mol. The number of oxime groups is 1. The summed E-state index contributed by atoms with van der Waals surface area (Å²) in [5, 5.41) is 19.4. The molecule has 0 aliphatic carbocycles. The van der Waals surface area contributed by atoms with Crippen molar-refractivity contribution in [3.63, 3.8) is 0 Å². The summed E-state index contributed by atoms with van der Waals surface area (Å²) in [6.45, 7) is 0. The third-order valence-corrected chi connectivity index (χ3v) is 4.00. The summed E-state index contributed by atoms with van der Waals surface area (Å²) in [5.74, 6) is 0.833. The maximum Gasteiger partial charge on any atom is 0.174 e. The molecule has 0 amide bonds. The molecule has 7 heteroatoms. The van der Waals surface area contributed by atoms with Gasteiger partial charge in [0, 0.05) is 11.3 Å². The standard InChI is InChI=1S/C10H10N4OS2/c11-9(14-15)8-4-2-1-3-7(8)5-16-10-13-12-6-17-10/h1-4,6,15H,5H2,(H2,11,14). The summed E-state index contributed by atoms with van der Waals surface area (Å²) < 4.78 is 0.902. The number of amidine groups is 1. The van der Waals surface area contributed by atoms with Crippen LogP contribution in [-0.4, -0.2) is 21.2 Å². The van der Waals surface area contributed by atoms with Crippen LogP contribution in [-0.2, 0) is 5.75 Å². The van der Waals surface area contributed by atoms with Crippen molar-refractivity contribution in [2.24, 2.45) is 10.9 Å². The Bertz CT molecular complexity index is 513. The highest BCUT2D eigenvalue weighted by molar-refractivity contribution is 8.00. The first kappa shape index (κ1) is 11.9. The maximum atomic E-state index is 8.70. The zero-order valence-corrected chi connectivity index (χ0v) is 10.4. The SMILES string of the molecule is N/C(=N\O)c1ccccc1CSc1nncs1. The van der Waals surface area contributed by atoms with Crippen LogP contribution in [0.25, 0.3) is 0 Å². The minimum Gasteiger partial charge on any atom is -0.409 e. The van der Waals surface area contributed by atoms with Crippen molar-refractivity contribution < 1.29 is 5.21 Å². The molecule has 2 rings (SSSR count). The van der Waals surface area contributed by atoms with Crippen LogP contribution in [0.3, 0.4) is 0 Å². The van der Waals surface area contributed by atoms with E-state index in [9.17, 15) is 0 Å². The van der Waals surface area contributed by atoms with Gasteiger partial charge in [0.1, 0.15) is 5.51 Å². The van der Waals surface area contributed by atoms with E-state index in [1.54, 1.807) is 17.3 Å². The Morgan fingerprint density at radius 3 is 3.00 bits per heavy atom. The van der Waals surface area contributed by atoms with E-state index in [1.165, 1.54) is 11.3 Å². The molecule has 5 nitrogen and oxygen atoms in total. The van der Waals surface area contributed by atoms with E-state index in [0.29, 0.717) is 5.75 Å². The Morgan fingerprint density at radius 1 is 1.47 bits per heavy atom. The van der Waals surface area contributed by atoms with E-state index in [4.69, 9.17) is 10.9 Å². The Kier molecular flexibility index (Phi) is 3.94. The fourth-order valence-corrected chi connectivity index (χ4v) is 2.81. The summed E-state index contributed by atoms with van der Waals surface area (Å²) in [7, 11) is 0. The molecule has 1 aromatic carbocycles. The number of hydrogen-bond donors (Lipinski definition) is 2. The van der Waals surface area contributed by atoms with Crippen LogP contribution in [0.2, 0.25) is 0 Å². The van der Waals surface area contributed by atoms with Gasteiger partial charge in [-0.25, -0.2) is 0 Å². The lowest BCUT2D eigenvalue weighted by atomic mass is 10.1. The molecule has 0 unspecified atom stereocenters. The molecular weight excluding hydrogens is 256 g/mol. The summed E-state index contributed by atoms with van der Waals surface area (Å²) in [4.78, 5) is 0. The number of aromatic nitrogens is 2. The highest BCUT2D eigenvalue weighted by atomic mass is 32.2. The highest BCUT2D eigenvalue weighted by Gasteiger charge is 2.07. The minimum atomic E-state index is 0.124. The topological polar surface area (TPSA) is 84.4 Å². The fraction of sp³-hybridized carbons (Fsp3) is 0.100. The summed E-state index contributed by atoms with van der Waals surface area (Å²) in [5.41, 5.74) is 9.05. The number of nitrogens with two attached hydrogens (primary N) is 1. The van der Waals surface area contributed by atoms with Crippen molar-refractivity contribution in [3.8, 4) is 0 Å². The van der Waals surface area contributed by atoms with Gasteiger partial charge in [-0.3, -0.25) is 0 Å². The van der Waals surface area contributed by atoms with Crippen molar-refractivity contribution in [2.75, 3.05) is 0 Å². The minimum absolute atomic E-state index is 0.124. The zero-order chi connectivity index (χ0) is 12.1. The molecule has 2 aromatic rings. The molecule has 0 atom stereocenters. The van der Waals surface area contributed by atoms with E-state index in [1.807, 2.05) is 24.3 Å². The lowest BCUT2D eigenvalue weighted by Crippen LogP contribution is -2.15. The normalized spacial score (nSPS) is 11.6. The van der Waals surface area contributed by atoms with Gasteiger partial charge in [-0.2, -0.15) is 0 Å². The van der Waals surface area contributed by atoms with Crippen LogP contribution < -0.4 is 5.73 Å². The maximum absolute atomic E-state index is 8.70. The highest BCUT2D eigenvalue weighted by Crippen LogP contribution is 2.25. The third-order valence-electron chi connectivity index (χ3n) is 2.09. The lowest BCUT2D eigenvalue weighted by Gasteiger charge is -2.06. The Balaban J connectivity index is 2.15. The average molecular weight is 266 g/mol. The molecule has 0 saturated carbocycles. The van der Waals surface area contributed by atoms with Crippen LogP contribution in [0.4, 0.5) is 0 Å². The first-order valence-corrected chi connectivity index (χ1v) is 6.62. The van der Waals surface area contributed by atoms with E-state index in [0.717, 1.165) is 15.5 Å². The smallest absolute Gasteiger partial charge is 0.174 e. The van der Waals surface area contributed by atoms with Crippen LogP contribution >= 0.6 is 23.1 Å². The van der Waals surface area contributed by atoms with E-state index < -0.39 is 0 Å². The summed E-state index contributed by atoms with van der Waals surface area (Å²) in [6, 6.07) is 7.54. The zero-order valence-electron chi connectivity index (χ0n) is 8.78. The predicted molar refractivity (Wildman–Crippen MR) is 68.4 cm³/mol. The predicted octanol–water partition coefficient (Wildman–Crippen LogP) is 1.92. The summed E-state index contributed by atoms with van der Waals surface area (Å²) in [6.07, 6.45) is 0. The molecule has 0 fully saturated rings. The molecule has 0 bridgehead atoms. The van der Waals surface area contributed by atoms with E-state index in [-0.39, 0.29) is 5.84 Å². The van der Waals surface area contributed by atoms with Crippen molar-refractivity contribution in [2.45, 2.75) is 10.1 Å². The van der Waals surface area contributed by atoms with Gasteiger partial charge in [-0.1, -0.05) is 52.5 Å². The molecule has 88 valence electrons. The fourth-order valence-electron chi connectivity index (χ4n) is 1.32. The van der Waals surface area contributed by atoms with Crippen LogP contribution in [0.15, 0.2) is 39.3 Å². The number of thioether (sulfide) groups is 1. The van der Waals surface area contributed by atoms with Gasteiger partial charge in [0.15, 0.2) is 10.2 Å². The van der Waals surface area contributed by atoms with E-state index >= 15 is 0 Å². The second kappa shape index (κ2) is 5.65. The van der Waals surface area contributed by atoms with Gasteiger partial charge in [0.05, 0.1) is 0 Å². The molecule has 0 radical (unpaired) electrons. The van der Waals surface area contributed by atoms with Gasteiger partial charge in [-0.15, -0.1) is 10.2 Å². The van der Waals surface area contributed by atoms with Gasteiger partial charge >= 0.3 is 0 Å². The van der Waals surface area contributed by atoms with Gasteiger partial charge in [-0.05, 0) is 5.56 Å². The number of nitrogens with zero attached hydrogens (tertiary/aromatic N) is 3. The molecular formula is C10H10N4OS2. The first-order valence-electron chi connectivity index (χ1n) is 4.76. The Hall–Kier alpha value is -1.60. The molecule has 0 aliphatic heterocycles. The Morgan fingerprint density at radius 2 is 2.29 bits per heavy atom. The van der Waals surface area contributed by atoms with Crippen molar-refractivity contribution in [1.29, 1.82) is 0 Å². The largest absolute Gasteiger partial charge is 0.409 e. The number of hydrogen-bond acceptors (Lipinski definition) is 6. The van der Waals surface area contributed by atoms with E-state index in [2.05, 4.69) is 15.4 Å². The third kappa shape index (κ3) is 2.95. The second-order valence-electron chi connectivity index (χ2n) is 3.14. The van der Waals surface area contributed by atoms with Gasteiger partial charge in [0.2, 0.25) is 0 Å². The van der Waals surface area contributed by atoms with Gasteiger partial charge in [0.25, 0.3) is 0 Å². The van der Waals surface area contributed by atoms with Crippen molar-refractivity contribution in [1.82, 2.24) is 10.2 Å². The Labute approximate surface area is 106 Å². The summed E-state index contributed by atoms with van der Waals surface area (Å²) >= 11 is 3.07. The molecule has 0 saturated heterocycles. The second-order valence-corrected chi connectivity index (χ2v) is 5.19. The molecule has 0 aliphatic rings. The quantitative estimate of drug-likeness (QED) is 0.290. The first-order chi connectivity index (χ1) is 8.31. The molecule has 17 heavy (non-hydrogen) atoms. The lowest BCUT2D eigenvalue weighted by molar-refractivity contribution is 0.318. The molecule has 0 spiro atoms. The van der Waals surface area contributed by atoms with Crippen LogP contribution in [0.1, 0.15) is 11.1 Å². The molecule has 3 N–H and O–H groups in total.